The maximum Gasteiger partial charge on any atom is 0.200 e. The van der Waals surface area contributed by atoms with Gasteiger partial charge in [0.2, 0.25) is 5.75 Å². The van der Waals surface area contributed by atoms with Crippen LogP contribution in [0.4, 0.5) is 0 Å². The summed E-state index contributed by atoms with van der Waals surface area (Å²) in [4.78, 5) is 11.8. The summed E-state index contributed by atoms with van der Waals surface area (Å²) in [6.45, 7) is 0. The normalized spacial score (nSPS) is 10.8. The Hall–Kier alpha value is -2.95. The minimum absolute atomic E-state index is 0.0617. The fourth-order valence-electron chi connectivity index (χ4n) is 1.61. The molecule has 0 radical (unpaired) electrons. The number of phenolic OH excluding ortho intramolecular Hbond substituents is 4. The fourth-order valence-corrected chi connectivity index (χ4v) is 1.61. The number of rotatable bonds is 3. The third-order valence-electron chi connectivity index (χ3n) is 2.73. The van der Waals surface area contributed by atoms with Crippen molar-refractivity contribution in [2.75, 3.05) is 0 Å². The lowest BCUT2D eigenvalue weighted by atomic mass is 10.1. The summed E-state index contributed by atoms with van der Waals surface area (Å²) in [6.07, 6.45) is 2.54. The Morgan fingerprint density at radius 1 is 0.850 bits per heavy atom. The Labute approximate surface area is 114 Å². The van der Waals surface area contributed by atoms with Crippen LogP contribution in [0.25, 0.3) is 6.08 Å². The molecule has 20 heavy (non-hydrogen) atoms. The van der Waals surface area contributed by atoms with Gasteiger partial charge in [0.05, 0.1) is 0 Å². The predicted molar refractivity (Wildman–Crippen MR) is 72.9 cm³/mol. The van der Waals surface area contributed by atoms with Crippen molar-refractivity contribution >= 4 is 11.9 Å². The molecule has 0 saturated heterocycles. The predicted octanol–water partition coefficient (Wildman–Crippen LogP) is 2.41. The van der Waals surface area contributed by atoms with E-state index in [-0.39, 0.29) is 17.1 Å². The Kier molecular flexibility index (Phi) is 3.61. The first-order chi connectivity index (χ1) is 9.49. The third kappa shape index (κ3) is 2.72. The smallest absolute Gasteiger partial charge is 0.200 e. The van der Waals surface area contributed by atoms with E-state index >= 15 is 0 Å². The van der Waals surface area contributed by atoms with E-state index in [1.54, 1.807) is 0 Å². The molecule has 4 N–H and O–H groups in total. The molecule has 2 aromatic carbocycles. The minimum atomic E-state index is -0.635. The summed E-state index contributed by atoms with van der Waals surface area (Å²) in [7, 11) is 0. The lowest BCUT2D eigenvalue weighted by Crippen LogP contribution is -1.93. The number of benzene rings is 2. The molecule has 0 spiro atoms. The first kappa shape index (κ1) is 13.5. The van der Waals surface area contributed by atoms with Gasteiger partial charge in [-0.1, -0.05) is 0 Å². The van der Waals surface area contributed by atoms with E-state index < -0.39 is 17.2 Å². The van der Waals surface area contributed by atoms with Crippen LogP contribution in [0.5, 0.6) is 23.0 Å². The van der Waals surface area contributed by atoms with E-state index in [4.69, 9.17) is 5.11 Å². The van der Waals surface area contributed by atoms with Gasteiger partial charge in [0.15, 0.2) is 17.3 Å². The van der Waals surface area contributed by atoms with Crippen LogP contribution >= 0.6 is 0 Å². The van der Waals surface area contributed by atoms with Crippen molar-refractivity contribution in [3.8, 4) is 23.0 Å². The summed E-state index contributed by atoms with van der Waals surface area (Å²) >= 11 is 0. The molecule has 0 amide bonds. The van der Waals surface area contributed by atoms with Gasteiger partial charge in [-0.25, -0.2) is 0 Å². The monoisotopic (exact) mass is 272 g/mol. The molecule has 0 fully saturated rings. The summed E-state index contributed by atoms with van der Waals surface area (Å²) in [5.41, 5.74) is 0.578. The van der Waals surface area contributed by atoms with Crippen molar-refractivity contribution in [1.29, 1.82) is 0 Å². The molecule has 102 valence electrons. The highest BCUT2D eigenvalue weighted by molar-refractivity contribution is 6.07. The molecular weight excluding hydrogens is 260 g/mol. The quantitative estimate of drug-likeness (QED) is 0.391. The molecule has 0 atom stereocenters. The average Bonchev–Trinajstić information content (AvgIpc) is 2.44. The summed E-state index contributed by atoms with van der Waals surface area (Å²) < 4.78 is 0. The molecule has 2 aromatic rings. The number of allylic oxidation sites excluding steroid dienone is 1. The fraction of sp³-hybridized carbons (Fsp3) is 0. The molecule has 0 heterocycles. The van der Waals surface area contributed by atoms with Gasteiger partial charge in [-0.2, -0.15) is 0 Å². The van der Waals surface area contributed by atoms with E-state index in [0.717, 1.165) is 0 Å². The van der Waals surface area contributed by atoms with Gasteiger partial charge in [0.1, 0.15) is 5.75 Å². The van der Waals surface area contributed by atoms with E-state index in [2.05, 4.69) is 0 Å². The maximum atomic E-state index is 11.8. The number of carbonyl (C=O) groups excluding carboxylic acids is 1. The van der Waals surface area contributed by atoms with Gasteiger partial charge in [0.25, 0.3) is 0 Å². The van der Waals surface area contributed by atoms with E-state index in [9.17, 15) is 20.1 Å². The van der Waals surface area contributed by atoms with E-state index in [1.807, 2.05) is 0 Å². The standard InChI is InChI=1S/C15H12O5/c16-11-5-1-9(2-6-11)12(17)7-3-10-4-8-13(18)15(20)14(10)19/h1-8,16,18-20H. The van der Waals surface area contributed by atoms with Crippen molar-refractivity contribution in [2.45, 2.75) is 0 Å². The molecule has 0 aliphatic carbocycles. The molecule has 5 heteroatoms. The van der Waals surface area contributed by atoms with Crippen molar-refractivity contribution in [3.05, 3.63) is 53.6 Å². The highest BCUT2D eigenvalue weighted by atomic mass is 16.3. The molecule has 0 aliphatic heterocycles. The largest absolute Gasteiger partial charge is 0.508 e. The van der Waals surface area contributed by atoms with Gasteiger partial charge in [0, 0.05) is 11.1 Å². The molecule has 0 unspecified atom stereocenters. The van der Waals surface area contributed by atoms with E-state index in [0.29, 0.717) is 5.56 Å². The molecule has 0 aromatic heterocycles. The third-order valence-corrected chi connectivity index (χ3v) is 2.73. The SMILES string of the molecule is O=C(C=Cc1ccc(O)c(O)c1O)c1ccc(O)cc1. The number of aromatic hydroxyl groups is 4. The average molecular weight is 272 g/mol. The Morgan fingerprint density at radius 2 is 1.50 bits per heavy atom. The van der Waals surface area contributed by atoms with Gasteiger partial charge < -0.3 is 20.4 Å². The summed E-state index contributed by atoms with van der Waals surface area (Å²) in [5, 5.41) is 37.3. The number of ketones is 1. The molecular formula is C15H12O5. The lowest BCUT2D eigenvalue weighted by molar-refractivity contribution is 0.104. The second-order valence-electron chi connectivity index (χ2n) is 4.12. The van der Waals surface area contributed by atoms with Crippen LogP contribution in [0.2, 0.25) is 0 Å². The molecule has 2 rings (SSSR count). The van der Waals surface area contributed by atoms with Gasteiger partial charge in [-0.3, -0.25) is 4.79 Å². The number of hydrogen-bond donors (Lipinski definition) is 4. The van der Waals surface area contributed by atoms with Crippen molar-refractivity contribution in [3.63, 3.8) is 0 Å². The second kappa shape index (κ2) is 5.36. The molecule has 5 nitrogen and oxygen atoms in total. The van der Waals surface area contributed by atoms with Crippen molar-refractivity contribution < 1.29 is 25.2 Å². The van der Waals surface area contributed by atoms with E-state index in [1.165, 1.54) is 48.6 Å². The topological polar surface area (TPSA) is 98.0 Å². The molecule has 0 bridgehead atoms. The molecule has 0 aliphatic rings. The Balaban J connectivity index is 2.23. The first-order valence-corrected chi connectivity index (χ1v) is 5.74. The Bertz CT molecular complexity index is 671. The zero-order valence-electron chi connectivity index (χ0n) is 10.3. The zero-order chi connectivity index (χ0) is 14.7. The van der Waals surface area contributed by atoms with Crippen LogP contribution in [-0.4, -0.2) is 26.2 Å². The van der Waals surface area contributed by atoms with Crippen LogP contribution in [0.1, 0.15) is 15.9 Å². The summed E-state index contributed by atoms with van der Waals surface area (Å²) in [5.74, 6) is -1.84. The number of phenols is 4. The van der Waals surface area contributed by atoms with Crippen LogP contribution in [-0.2, 0) is 0 Å². The van der Waals surface area contributed by atoms with Crippen molar-refractivity contribution in [2.24, 2.45) is 0 Å². The first-order valence-electron chi connectivity index (χ1n) is 5.74. The van der Waals surface area contributed by atoms with Gasteiger partial charge in [-0.05, 0) is 48.6 Å². The van der Waals surface area contributed by atoms with Gasteiger partial charge in [-0.15, -0.1) is 0 Å². The second-order valence-corrected chi connectivity index (χ2v) is 4.12. The Morgan fingerprint density at radius 3 is 2.15 bits per heavy atom. The van der Waals surface area contributed by atoms with Crippen LogP contribution in [0, 0.1) is 0 Å². The summed E-state index contributed by atoms with van der Waals surface area (Å²) in [6, 6.07) is 8.30. The zero-order valence-corrected chi connectivity index (χ0v) is 10.3. The lowest BCUT2D eigenvalue weighted by Gasteiger charge is -2.03. The van der Waals surface area contributed by atoms with Crippen LogP contribution in [0.3, 0.4) is 0 Å². The van der Waals surface area contributed by atoms with Gasteiger partial charge >= 0.3 is 0 Å². The minimum Gasteiger partial charge on any atom is -0.508 e. The maximum absolute atomic E-state index is 11.8. The number of hydrogen-bond acceptors (Lipinski definition) is 5. The highest BCUT2D eigenvalue weighted by Crippen LogP contribution is 2.37. The highest BCUT2D eigenvalue weighted by Gasteiger charge is 2.09. The van der Waals surface area contributed by atoms with Crippen LogP contribution < -0.4 is 0 Å². The van der Waals surface area contributed by atoms with Crippen molar-refractivity contribution in [1.82, 2.24) is 0 Å². The number of carbonyl (C=O) groups is 1. The van der Waals surface area contributed by atoms with Crippen LogP contribution in [0.15, 0.2) is 42.5 Å². The molecule has 0 saturated carbocycles.